The molecule has 0 spiro atoms. The van der Waals surface area contributed by atoms with Crippen molar-refractivity contribution in [2.45, 2.75) is 58.2 Å². The van der Waals surface area contributed by atoms with Crippen molar-refractivity contribution in [1.29, 1.82) is 0 Å². The molecule has 176 valence electrons. The summed E-state index contributed by atoms with van der Waals surface area (Å²) in [6.45, 7) is 10.1. The fourth-order valence-corrected chi connectivity index (χ4v) is 3.82. The summed E-state index contributed by atoms with van der Waals surface area (Å²) in [6, 6.07) is -1.07. The maximum Gasteiger partial charge on any atom is 0.323 e. The number of rotatable bonds is 11. The highest BCUT2D eigenvalue weighted by atomic mass is 16.5. The molecule has 1 fully saturated rings. The minimum absolute atomic E-state index is 0.125. The van der Waals surface area contributed by atoms with Gasteiger partial charge in [0.2, 0.25) is 0 Å². The maximum atomic E-state index is 12.4. The molecule has 1 N–H and O–H groups in total. The quantitative estimate of drug-likeness (QED) is 0.279. The van der Waals surface area contributed by atoms with Crippen LogP contribution in [0, 0.1) is 12.3 Å². The zero-order chi connectivity index (χ0) is 23.4. The SMILES string of the molecule is C#CCCC(NC1(C)CN(CC(=O)OCC)CCN(C(C)C(=O)OCC)C1)C(=O)OC. The minimum Gasteiger partial charge on any atom is -0.468 e. The van der Waals surface area contributed by atoms with E-state index in [0.717, 1.165) is 0 Å². The van der Waals surface area contributed by atoms with E-state index >= 15 is 0 Å². The number of nitrogens with one attached hydrogen (secondary N) is 1. The fourth-order valence-electron chi connectivity index (χ4n) is 3.82. The molecule has 31 heavy (non-hydrogen) atoms. The third-order valence-electron chi connectivity index (χ3n) is 5.25. The summed E-state index contributed by atoms with van der Waals surface area (Å²) in [4.78, 5) is 40.8. The number of ether oxygens (including phenoxy) is 3. The molecule has 0 aliphatic carbocycles. The predicted molar refractivity (Wildman–Crippen MR) is 116 cm³/mol. The summed E-state index contributed by atoms with van der Waals surface area (Å²) >= 11 is 0. The van der Waals surface area contributed by atoms with Gasteiger partial charge in [0.25, 0.3) is 0 Å². The van der Waals surface area contributed by atoms with Crippen molar-refractivity contribution in [2.75, 3.05) is 53.0 Å². The van der Waals surface area contributed by atoms with Crippen LogP contribution < -0.4 is 5.32 Å². The molecule has 0 radical (unpaired) electrons. The molecule has 0 aromatic rings. The molecule has 0 saturated carbocycles. The van der Waals surface area contributed by atoms with Crippen molar-refractivity contribution >= 4 is 17.9 Å². The number of terminal acetylenes is 1. The van der Waals surface area contributed by atoms with Crippen LogP contribution in [0.3, 0.4) is 0 Å². The molecule has 0 bridgehead atoms. The van der Waals surface area contributed by atoms with Gasteiger partial charge in [0.05, 0.1) is 26.9 Å². The van der Waals surface area contributed by atoms with E-state index in [4.69, 9.17) is 20.6 Å². The Kier molecular flexibility index (Phi) is 11.5. The van der Waals surface area contributed by atoms with Crippen LogP contribution in [-0.4, -0.2) is 98.4 Å². The van der Waals surface area contributed by atoms with Gasteiger partial charge in [-0.1, -0.05) is 0 Å². The normalized spacial score (nSPS) is 21.9. The van der Waals surface area contributed by atoms with Crippen LogP contribution in [0.15, 0.2) is 0 Å². The van der Waals surface area contributed by atoms with Crippen molar-refractivity contribution in [2.24, 2.45) is 0 Å². The topological polar surface area (TPSA) is 97.4 Å². The van der Waals surface area contributed by atoms with E-state index in [0.29, 0.717) is 52.2 Å². The van der Waals surface area contributed by atoms with Crippen molar-refractivity contribution in [3.8, 4) is 12.3 Å². The van der Waals surface area contributed by atoms with E-state index in [1.165, 1.54) is 7.11 Å². The third-order valence-corrected chi connectivity index (χ3v) is 5.25. The molecule has 0 aromatic carbocycles. The van der Waals surface area contributed by atoms with Crippen LogP contribution in [0.1, 0.15) is 40.5 Å². The van der Waals surface area contributed by atoms with Gasteiger partial charge in [-0.15, -0.1) is 12.3 Å². The van der Waals surface area contributed by atoms with Crippen LogP contribution in [-0.2, 0) is 28.6 Å². The first kappa shape index (κ1) is 26.9. The second-order valence-corrected chi connectivity index (χ2v) is 7.94. The van der Waals surface area contributed by atoms with Crippen LogP contribution in [0.2, 0.25) is 0 Å². The minimum atomic E-state index is -0.628. The monoisotopic (exact) mass is 439 g/mol. The molecule has 1 rings (SSSR count). The standard InChI is InChI=1S/C22H37N3O6/c1-7-10-11-18(21(28)29-6)23-22(5)15-24(14-19(26)30-8-2)12-13-25(16-22)17(4)20(27)31-9-3/h1,17-18,23H,8-16H2,2-6H3. The molecular formula is C22H37N3O6. The van der Waals surface area contributed by atoms with Gasteiger partial charge in [-0.25, -0.2) is 0 Å². The van der Waals surface area contributed by atoms with Crippen LogP contribution >= 0.6 is 0 Å². The van der Waals surface area contributed by atoms with E-state index in [1.54, 1.807) is 20.8 Å². The average molecular weight is 440 g/mol. The number of hydrogen-bond acceptors (Lipinski definition) is 9. The van der Waals surface area contributed by atoms with Crippen molar-refractivity contribution < 1.29 is 28.6 Å². The molecule has 0 aromatic heterocycles. The van der Waals surface area contributed by atoms with Crippen LogP contribution in [0.25, 0.3) is 0 Å². The number of carbonyl (C=O) groups excluding carboxylic acids is 3. The number of nitrogens with zero attached hydrogens (tertiary/aromatic N) is 2. The summed E-state index contributed by atoms with van der Waals surface area (Å²) in [6.07, 6.45) is 6.23. The Morgan fingerprint density at radius 1 is 1.13 bits per heavy atom. The second kappa shape index (κ2) is 13.3. The lowest BCUT2D eigenvalue weighted by Crippen LogP contribution is -2.61. The van der Waals surface area contributed by atoms with Gasteiger partial charge >= 0.3 is 17.9 Å². The predicted octanol–water partition coefficient (Wildman–Crippen LogP) is 0.422. The van der Waals surface area contributed by atoms with E-state index < -0.39 is 23.6 Å². The van der Waals surface area contributed by atoms with Gasteiger partial charge in [-0.2, -0.15) is 0 Å². The van der Waals surface area contributed by atoms with Gasteiger partial charge in [-0.05, 0) is 34.1 Å². The molecule has 9 heteroatoms. The summed E-state index contributed by atoms with van der Waals surface area (Å²) in [5.74, 6) is 1.54. The van der Waals surface area contributed by atoms with Gasteiger partial charge in [0.15, 0.2) is 0 Å². The Balaban J connectivity index is 3.11. The molecule has 1 saturated heterocycles. The Morgan fingerprint density at radius 2 is 1.81 bits per heavy atom. The lowest BCUT2D eigenvalue weighted by molar-refractivity contribution is -0.149. The first-order chi connectivity index (χ1) is 14.7. The first-order valence-electron chi connectivity index (χ1n) is 10.8. The van der Waals surface area contributed by atoms with Gasteiger partial charge < -0.3 is 14.2 Å². The van der Waals surface area contributed by atoms with Gasteiger partial charge in [0.1, 0.15) is 12.1 Å². The molecule has 3 unspecified atom stereocenters. The number of carbonyl (C=O) groups is 3. The number of hydrogen-bond donors (Lipinski definition) is 1. The lowest BCUT2D eigenvalue weighted by Gasteiger charge is -2.38. The molecule has 1 aliphatic heterocycles. The maximum absolute atomic E-state index is 12.4. The molecule has 0 amide bonds. The molecular weight excluding hydrogens is 402 g/mol. The Morgan fingerprint density at radius 3 is 2.39 bits per heavy atom. The van der Waals surface area contributed by atoms with Crippen LogP contribution in [0.4, 0.5) is 0 Å². The van der Waals surface area contributed by atoms with Crippen LogP contribution in [0.5, 0.6) is 0 Å². The van der Waals surface area contributed by atoms with E-state index in [1.807, 2.05) is 16.7 Å². The fraction of sp³-hybridized carbons (Fsp3) is 0.773. The molecule has 9 nitrogen and oxygen atoms in total. The van der Waals surface area contributed by atoms with Gasteiger partial charge in [0, 0.05) is 38.1 Å². The van der Waals surface area contributed by atoms with E-state index in [-0.39, 0.29) is 18.5 Å². The van der Waals surface area contributed by atoms with E-state index in [9.17, 15) is 14.4 Å². The van der Waals surface area contributed by atoms with E-state index in [2.05, 4.69) is 11.2 Å². The Hall–Kier alpha value is -2.15. The largest absolute Gasteiger partial charge is 0.468 e. The molecule has 1 aliphatic rings. The summed E-state index contributed by atoms with van der Waals surface area (Å²) < 4.78 is 15.2. The average Bonchev–Trinajstić information content (AvgIpc) is 2.88. The highest BCUT2D eigenvalue weighted by Gasteiger charge is 2.39. The van der Waals surface area contributed by atoms with Crippen molar-refractivity contribution in [3.63, 3.8) is 0 Å². The number of methoxy groups -OCH3 is 1. The summed E-state index contributed by atoms with van der Waals surface area (Å²) in [5.41, 5.74) is -0.628. The van der Waals surface area contributed by atoms with Gasteiger partial charge in [-0.3, -0.25) is 29.5 Å². The number of esters is 3. The third kappa shape index (κ3) is 8.85. The van der Waals surface area contributed by atoms with Crippen molar-refractivity contribution in [3.05, 3.63) is 0 Å². The smallest absolute Gasteiger partial charge is 0.323 e. The molecule has 3 atom stereocenters. The summed E-state index contributed by atoms with van der Waals surface area (Å²) in [5, 5.41) is 3.39. The summed E-state index contributed by atoms with van der Waals surface area (Å²) in [7, 11) is 1.34. The zero-order valence-electron chi connectivity index (χ0n) is 19.4. The first-order valence-corrected chi connectivity index (χ1v) is 10.8. The second-order valence-electron chi connectivity index (χ2n) is 7.94. The lowest BCUT2D eigenvalue weighted by atomic mass is 9.97. The Bertz CT molecular complexity index is 650. The Labute approximate surface area is 185 Å². The highest BCUT2D eigenvalue weighted by molar-refractivity contribution is 5.76. The zero-order valence-corrected chi connectivity index (χ0v) is 19.4. The molecule has 1 heterocycles. The highest BCUT2D eigenvalue weighted by Crippen LogP contribution is 2.19. The van der Waals surface area contributed by atoms with Crippen molar-refractivity contribution in [1.82, 2.24) is 15.1 Å².